The summed E-state index contributed by atoms with van der Waals surface area (Å²) in [7, 11) is 0. The molecule has 0 aliphatic carbocycles. The van der Waals surface area contributed by atoms with Crippen LogP contribution in [0.5, 0.6) is 17.2 Å². The lowest BCUT2D eigenvalue weighted by molar-refractivity contribution is -0.130. The van der Waals surface area contributed by atoms with E-state index in [2.05, 4.69) is 16.2 Å². The van der Waals surface area contributed by atoms with Gasteiger partial charge in [0.15, 0.2) is 16.6 Å². The van der Waals surface area contributed by atoms with Crippen molar-refractivity contribution in [2.45, 2.75) is 13.0 Å². The largest absolute Gasteiger partial charge is 0.494 e. The standard InChI is InChI=1S/C18H19N3O4S/c1-2-23-13-9-7-12(8-10-13)19-18(26)21-20-17(22)16-11-24-14-5-3-4-6-15(14)25-16/h3-10,16H,2,11H2,1H3,(H,20,22)(H2,19,21,26). The summed E-state index contributed by atoms with van der Waals surface area (Å²) in [6.45, 7) is 2.66. The zero-order valence-corrected chi connectivity index (χ0v) is 15.0. The number of fused-ring (bicyclic) bond motifs is 1. The van der Waals surface area contributed by atoms with Crippen LogP contribution in [0.1, 0.15) is 6.92 Å². The van der Waals surface area contributed by atoms with Gasteiger partial charge in [-0.25, -0.2) is 0 Å². The van der Waals surface area contributed by atoms with Crippen LogP contribution in [-0.2, 0) is 4.79 Å². The van der Waals surface area contributed by atoms with Crippen LogP contribution in [-0.4, -0.2) is 30.3 Å². The van der Waals surface area contributed by atoms with Gasteiger partial charge in [-0.15, -0.1) is 0 Å². The van der Waals surface area contributed by atoms with Gasteiger partial charge in [0.1, 0.15) is 12.4 Å². The Bertz CT molecular complexity index is 782. The second-order valence-electron chi connectivity index (χ2n) is 5.39. The fraction of sp³-hybridized carbons (Fsp3) is 0.222. The third-order valence-electron chi connectivity index (χ3n) is 3.52. The molecule has 8 heteroatoms. The van der Waals surface area contributed by atoms with Crippen molar-refractivity contribution < 1.29 is 19.0 Å². The number of rotatable bonds is 4. The first-order valence-electron chi connectivity index (χ1n) is 8.14. The molecule has 7 nitrogen and oxygen atoms in total. The number of ether oxygens (including phenoxy) is 3. The van der Waals surface area contributed by atoms with Gasteiger partial charge in [-0.3, -0.25) is 15.6 Å². The van der Waals surface area contributed by atoms with Crippen LogP contribution in [0.25, 0.3) is 0 Å². The summed E-state index contributed by atoms with van der Waals surface area (Å²) in [6, 6.07) is 14.5. The lowest BCUT2D eigenvalue weighted by atomic mass is 10.2. The maximum atomic E-state index is 12.2. The summed E-state index contributed by atoms with van der Waals surface area (Å²) in [5.41, 5.74) is 5.93. The lowest BCUT2D eigenvalue weighted by Crippen LogP contribution is -2.51. The van der Waals surface area contributed by atoms with E-state index in [0.717, 1.165) is 11.4 Å². The molecule has 0 fully saturated rings. The van der Waals surface area contributed by atoms with Gasteiger partial charge >= 0.3 is 0 Å². The SMILES string of the molecule is CCOc1ccc(NC(=S)NNC(=O)C2COc3ccccc3O2)cc1. The van der Waals surface area contributed by atoms with E-state index in [0.29, 0.717) is 18.1 Å². The van der Waals surface area contributed by atoms with Crippen LogP contribution in [0.4, 0.5) is 5.69 Å². The van der Waals surface area contributed by atoms with E-state index in [9.17, 15) is 4.79 Å². The van der Waals surface area contributed by atoms with Crippen molar-refractivity contribution in [3.8, 4) is 17.2 Å². The zero-order valence-electron chi connectivity index (χ0n) is 14.2. The van der Waals surface area contributed by atoms with E-state index in [4.69, 9.17) is 26.4 Å². The predicted molar refractivity (Wildman–Crippen MR) is 101 cm³/mol. The van der Waals surface area contributed by atoms with E-state index >= 15 is 0 Å². The highest BCUT2D eigenvalue weighted by atomic mass is 32.1. The normalized spacial score (nSPS) is 14.9. The Labute approximate surface area is 156 Å². The van der Waals surface area contributed by atoms with E-state index in [1.54, 1.807) is 12.1 Å². The first kappa shape index (κ1) is 17.8. The van der Waals surface area contributed by atoms with Crippen molar-refractivity contribution in [3.05, 3.63) is 48.5 Å². The number of carbonyl (C=O) groups excluding carboxylic acids is 1. The van der Waals surface area contributed by atoms with Crippen molar-refractivity contribution >= 4 is 28.9 Å². The molecule has 0 radical (unpaired) electrons. The fourth-order valence-corrected chi connectivity index (χ4v) is 2.48. The van der Waals surface area contributed by atoms with Gasteiger partial charge in [0.25, 0.3) is 5.91 Å². The quantitative estimate of drug-likeness (QED) is 0.560. The molecule has 26 heavy (non-hydrogen) atoms. The Balaban J connectivity index is 1.46. The van der Waals surface area contributed by atoms with Crippen LogP contribution < -0.4 is 30.4 Å². The first-order chi connectivity index (χ1) is 12.7. The molecule has 2 aromatic rings. The summed E-state index contributed by atoms with van der Waals surface area (Å²) in [4.78, 5) is 12.2. The molecule has 1 heterocycles. The number of hydrazine groups is 1. The highest BCUT2D eigenvalue weighted by molar-refractivity contribution is 7.80. The number of hydrogen-bond acceptors (Lipinski definition) is 5. The van der Waals surface area contributed by atoms with Crippen LogP contribution in [0, 0.1) is 0 Å². The smallest absolute Gasteiger partial charge is 0.283 e. The molecule has 3 N–H and O–H groups in total. The van der Waals surface area contributed by atoms with Gasteiger partial charge in [-0.05, 0) is 55.5 Å². The van der Waals surface area contributed by atoms with Gasteiger partial charge in [0.2, 0.25) is 6.10 Å². The Kier molecular flexibility index (Phi) is 5.75. The predicted octanol–water partition coefficient (Wildman–Crippen LogP) is 2.24. The highest BCUT2D eigenvalue weighted by Gasteiger charge is 2.27. The molecule has 1 aliphatic rings. The number of para-hydroxylation sites is 2. The molecular formula is C18H19N3O4S. The number of carbonyl (C=O) groups is 1. The molecule has 3 rings (SSSR count). The fourth-order valence-electron chi connectivity index (χ4n) is 2.31. The maximum absolute atomic E-state index is 12.2. The van der Waals surface area contributed by atoms with Crippen LogP contribution >= 0.6 is 12.2 Å². The van der Waals surface area contributed by atoms with Gasteiger partial charge in [0, 0.05) is 5.69 Å². The molecule has 0 spiro atoms. The summed E-state index contributed by atoms with van der Waals surface area (Å²) in [5.74, 6) is 1.56. The van der Waals surface area contributed by atoms with Gasteiger partial charge < -0.3 is 19.5 Å². The maximum Gasteiger partial charge on any atom is 0.283 e. The van der Waals surface area contributed by atoms with E-state index in [1.165, 1.54) is 0 Å². The van der Waals surface area contributed by atoms with E-state index < -0.39 is 6.10 Å². The molecule has 136 valence electrons. The first-order valence-corrected chi connectivity index (χ1v) is 8.54. The minimum atomic E-state index is -0.759. The molecule has 1 amide bonds. The van der Waals surface area contributed by atoms with Crippen molar-refractivity contribution in [2.75, 3.05) is 18.5 Å². The van der Waals surface area contributed by atoms with Crippen molar-refractivity contribution in [3.63, 3.8) is 0 Å². The average molecular weight is 373 g/mol. The zero-order chi connectivity index (χ0) is 18.4. The van der Waals surface area contributed by atoms with Crippen molar-refractivity contribution in [1.82, 2.24) is 10.9 Å². The highest BCUT2D eigenvalue weighted by Crippen LogP contribution is 2.30. The minimum Gasteiger partial charge on any atom is -0.494 e. The topological polar surface area (TPSA) is 80.9 Å². The number of hydrogen-bond donors (Lipinski definition) is 3. The van der Waals surface area contributed by atoms with Crippen LogP contribution in [0.15, 0.2) is 48.5 Å². The second-order valence-corrected chi connectivity index (χ2v) is 5.80. The summed E-state index contributed by atoms with van der Waals surface area (Å²) >= 11 is 5.16. The second kappa shape index (κ2) is 8.39. The molecular weight excluding hydrogens is 354 g/mol. The molecule has 0 saturated carbocycles. The number of thiocarbonyl (C=S) groups is 1. The number of anilines is 1. The Hall–Kier alpha value is -3.00. The van der Waals surface area contributed by atoms with Gasteiger partial charge in [0.05, 0.1) is 6.61 Å². The summed E-state index contributed by atoms with van der Waals surface area (Å²) < 4.78 is 16.5. The Morgan fingerprint density at radius 1 is 1.15 bits per heavy atom. The van der Waals surface area contributed by atoms with Gasteiger partial charge in [-0.1, -0.05) is 12.1 Å². The molecule has 0 bridgehead atoms. The average Bonchev–Trinajstić information content (AvgIpc) is 2.67. The van der Waals surface area contributed by atoms with Gasteiger partial charge in [-0.2, -0.15) is 0 Å². The molecule has 1 atom stereocenters. The molecule has 0 saturated heterocycles. The lowest BCUT2D eigenvalue weighted by Gasteiger charge is -2.25. The van der Waals surface area contributed by atoms with Crippen LogP contribution in [0.2, 0.25) is 0 Å². The third kappa shape index (κ3) is 4.54. The Morgan fingerprint density at radius 3 is 2.62 bits per heavy atom. The van der Waals surface area contributed by atoms with Crippen molar-refractivity contribution in [1.29, 1.82) is 0 Å². The number of nitrogens with one attached hydrogen (secondary N) is 3. The number of benzene rings is 2. The third-order valence-corrected chi connectivity index (χ3v) is 3.73. The monoisotopic (exact) mass is 373 g/mol. The summed E-state index contributed by atoms with van der Waals surface area (Å²) in [5, 5.41) is 3.21. The molecule has 0 aromatic heterocycles. The summed E-state index contributed by atoms with van der Waals surface area (Å²) in [6.07, 6.45) is -0.759. The minimum absolute atomic E-state index is 0.129. The molecule has 2 aromatic carbocycles. The van der Waals surface area contributed by atoms with E-state index in [1.807, 2.05) is 43.3 Å². The molecule has 1 aliphatic heterocycles. The van der Waals surface area contributed by atoms with E-state index in [-0.39, 0.29) is 17.6 Å². The Morgan fingerprint density at radius 2 is 1.88 bits per heavy atom. The van der Waals surface area contributed by atoms with Crippen molar-refractivity contribution in [2.24, 2.45) is 0 Å². The number of amides is 1. The van der Waals surface area contributed by atoms with Crippen LogP contribution in [0.3, 0.4) is 0 Å². The molecule has 1 unspecified atom stereocenters.